The first-order valence-corrected chi connectivity index (χ1v) is 5.66. The van der Waals surface area contributed by atoms with Gasteiger partial charge in [0.2, 0.25) is 0 Å². The Morgan fingerprint density at radius 3 is 2.88 bits per heavy atom. The number of alkyl halides is 3. The summed E-state index contributed by atoms with van der Waals surface area (Å²) >= 11 is 0. The van der Waals surface area contributed by atoms with Crippen molar-refractivity contribution in [1.29, 1.82) is 0 Å². The van der Waals surface area contributed by atoms with Crippen LogP contribution in [0.1, 0.15) is 24.3 Å². The summed E-state index contributed by atoms with van der Waals surface area (Å²) in [6.07, 6.45) is -3.28. The summed E-state index contributed by atoms with van der Waals surface area (Å²) in [6.45, 7) is 2.95. The Labute approximate surface area is 97.6 Å². The van der Waals surface area contributed by atoms with Gasteiger partial charge in [0, 0.05) is 12.6 Å². The Morgan fingerprint density at radius 1 is 1.53 bits per heavy atom. The predicted octanol–water partition coefficient (Wildman–Crippen LogP) is 2.76. The van der Waals surface area contributed by atoms with Gasteiger partial charge in [0.15, 0.2) is 5.76 Å². The maximum atomic E-state index is 12.6. The van der Waals surface area contributed by atoms with Crippen molar-refractivity contribution < 1.29 is 17.7 Å². The van der Waals surface area contributed by atoms with Gasteiger partial charge in [-0.15, -0.1) is 0 Å². The first kappa shape index (κ1) is 12.4. The van der Waals surface area contributed by atoms with E-state index in [1.807, 2.05) is 0 Å². The third-order valence-corrected chi connectivity index (χ3v) is 3.02. The minimum atomic E-state index is -4.09. The number of halogens is 3. The van der Waals surface area contributed by atoms with E-state index >= 15 is 0 Å². The van der Waals surface area contributed by atoms with E-state index in [4.69, 9.17) is 4.52 Å². The minimum absolute atomic E-state index is 0.0588. The van der Waals surface area contributed by atoms with Gasteiger partial charge in [-0.3, -0.25) is 4.90 Å². The molecule has 3 nitrogen and oxygen atoms in total. The normalized spacial score (nSPS) is 22.9. The van der Waals surface area contributed by atoms with Crippen molar-refractivity contribution in [3.8, 4) is 0 Å². The second-order valence-electron chi connectivity index (χ2n) is 4.55. The first-order valence-electron chi connectivity index (χ1n) is 5.66. The van der Waals surface area contributed by atoms with E-state index in [-0.39, 0.29) is 13.0 Å². The number of rotatable bonds is 2. The molecule has 0 radical (unpaired) electrons. The van der Waals surface area contributed by atoms with Crippen molar-refractivity contribution in [3.05, 3.63) is 17.5 Å². The molecule has 0 N–H and O–H groups in total. The molecule has 0 aliphatic carbocycles. The Balaban J connectivity index is 1.94. The summed E-state index contributed by atoms with van der Waals surface area (Å²) in [5, 5.41) is 3.73. The average Bonchev–Trinajstić information content (AvgIpc) is 2.63. The van der Waals surface area contributed by atoms with E-state index in [1.54, 1.807) is 17.9 Å². The van der Waals surface area contributed by atoms with Crippen molar-refractivity contribution in [1.82, 2.24) is 10.1 Å². The summed E-state index contributed by atoms with van der Waals surface area (Å²) in [7, 11) is 0. The fourth-order valence-electron chi connectivity index (χ4n) is 2.18. The number of piperidine rings is 1. The zero-order valence-corrected chi connectivity index (χ0v) is 9.63. The number of aromatic nitrogens is 1. The molecule has 0 aromatic carbocycles. The standard InChI is InChI=1S/C11H15F3N2O/c1-8-5-10(17-15-8)7-16-4-2-3-9(6-16)11(12,13)14/h5,9H,2-4,6-7H2,1H3. The summed E-state index contributed by atoms with van der Waals surface area (Å²) < 4.78 is 42.8. The molecular weight excluding hydrogens is 233 g/mol. The summed E-state index contributed by atoms with van der Waals surface area (Å²) in [4.78, 5) is 1.78. The van der Waals surface area contributed by atoms with E-state index in [0.29, 0.717) is 25.3 Å². The van der Waals surface area contributed by atoms with Gasteiger partial charge in [0.1, 0.15) is 0 Å². The van der Waals surface area contributed by atoms with Crippen LogP contribution in [-0.2, 0) is 6.54 Å². The van der Waals surface area contributed by atoms with E-state index in [1.165, 1.54) is 0 Å². The quantitative estimate of drug-likeness (QED) is 0.806. The van der Waals surface area contributed by atoms with Crippen LogP contribution in [0.4, 0.5) is 13.2 Å². The molecule has 2 rings (SSSR count). The van der Waals surface area contributed by atoms with E-state index in [2.05, 4.69) is 5.16 Å². The third-order valence-electron chi connectivity index (χ3n) is 3.02. The molecule has 2 heterocycles. The number of likely N-dealkylation sites (tertiary alicyclic amines) is 1. The van der Waals surface area contributed by atoms with E-state index in [0.717, 1.165) is 5.69 Å². The third kappa shape index (κ3) is 3.21. The monoisotopic (exact) mass is 248 g/mol. The molecule has 6 heteroatoms. The molecule has 1 aromatic rings. The topological polar surface area (TPSA) is 29.3 Å². The maximum Gasteiger partial charge on any atom is 0.393 e. The molecule has 0 saturated carbocycles. The van der Waals surface area contributed by atoms with Crippen LogP contribution in [0.15, 0.2) is 10.6 Å². The van der Waals surface area contributed by atoms with Gasteiger partial charge in [-0.1, -0.05) is 5.16 Å². The van der Waals surface area contributed by atoms with Gasteiger partial charge >= 0.3 is 6.18 Å². The van der Waals surface area contributed by atoms with Crippen LogP contribution in [0.5, 0.6) is 0 Å². The van der Waals surface area contributed by atoms with Gasteiger partial charge in [0.05, 0.1) is 18.2 Å². The molecule has 1 aliphatic heterocycles. The van der Waals surface area contributed by atoms with Crippen LogP contribution < -0.4 is 0 Å². The molecular formula is C11H15F3N2O. The Kier molecular flexibility index (Phi) is 3.42. The molecule has 1 aromatic heterocycles. The zero-order valence-electron chi connectivity index (χ0n) is 9.63. The number of nitrogens with zero attached hydrogens (tertiary/aromatic N) is 2. The summed E-state index contributed by atoms with van der Waals surface area (Å²) in [5.41, 5.74) is 0.754. The van der Waals surface area contributed by atoms with Crippen LogP contribution >= 0.6 is 0 Å². The van der Waals surface area contributed by atoms with Crippen LogP contribution in [0.25, 0.3) is 0 Å². The molecule has 1 fully saturated rings. The highest BCUT2D eigenvalue weighted by atomic mass is 19.4. The van der Waals surface area contributed by atoms with Gasteiger partial charge in [0.25, 0.3) is 0 Å². The van der Waals surface area contributed by atoms with Crippen LogP contribution in [0, 0.1) is 12.8 Å². The van der Waals surface area contributed by atoms with E-state index in [9.17, 15) is 13.2 Å². The fraction of sp³-hybridized carbons (Fsp3) is 0.727. The van der Waals surface area contributed by atoms with Crippen molar-refractivity contribution in [2.24, 2.45) is 5.92 Å². The van der Waals surface area contributed by atoms with Crippen molar-refractivity contribution in [2.75, 3.05) is 13.1 Å². The molecule has 0 spiro atoms. The van der Waals surface area contributed by atoms with Crippen molar-refractivity contribution in [2.45, 2.75) is 32.5 Å². The van der Waals surface area contributed by atoms with Gasteiger partial charge < -0.3 is 4.52 Å². The lowest BCUT2D eigenvalue weighted by Gasteiger charge is -2.32. The number of hydrogen-bond donors (Lipinski definition) is 0. The fourth-order valence-corrected chi connectivity index (χ4v) is 2.18. The Hall–Kier alpha value is -1.04. The number of aryl methyl sites for hydroxylation is 1. The zero-order chi connectivity index (χ0) is 12.5. The average molecular weight is 248 g/mol. The maximum absolute atomic E-state index is 12.6. The number of hydrogen-bond acceptors (Lipinski definition) is 3. The molecule has 1 aliphatic rings. The largest absolute Gasteiger partial charge is 0.393 e. The minimum Gasteiger partial charge on any atom is -0.360 e. The Morgan fingerprint density at radius 2 is 2.29 bits per heavy atom. The molecule has 0 amide bonds. The smallest absolute Gasteiger partial charge is 0.360 e. The molecule has 96 valence electrons. The highest BCUT2D eigenvalue weighted by Crippen LogP contribution is 2.33. The molecule has 17 heavy (non-hydrogen) atoms. The lowest BCUT2D eigenvalue weighted by molar-refractivity contribution is -0.187. The van der Waals surface area contributed by atoms with Crippen molar-refractivity contribution in [3.63, 3.8) is 0 Å². The second-order valence-corrected chi connectivity index (χ2v) is 4.55. The summed E-state index contributed by atoms with van der Waals surface area (Å²) in [5.74, 6) is -0.578. The lowest BCUT2D eigenvalue weighted by Crippen LogP contribution is -2.41. The first-order chi connectivity index (χ1) is 7.95. The second kappa shape index (κ2) is 4.68. The van der Waals surface area contributed by atoms with Crippen LogP contribution in [0.2, 0.25) is 0 Å². The molecule has 1 unspecified atom stereocenters. The van der Waals surface area contributed by atoms with Gasteiger partial charge in [-0.05, 0) is 26.3 Å². The SMILES string of the molecule is Cc1cc(CN2CCCC(C(F)(F)F)C2)on1. The summed E-state index contributed by atoms with van der Waals surface area (Å²) in [6, 6.07) is 1.76. The molecule has 1 saturated heterocycles. The van der Waals surface area contributed by atoms with Gasteiger partial charge in [-0.2, -0.15) is 13.2 Å². The highest BCUT2D eigenvalue weighted by Gasteiger charge is 2.41. The Bertz CT molecular complexity index is 375. The molecule has 0 bridgehead atoms. The van der Waals surface area contributed by atoms with Crippen LogP contribution in [0.3, 0.4) is 0 Å². The van der Waals surface area contributed by atoms with E-state index < -0.39 is 12.1 Å². The van der Waals surface area contributed by atoms with Crippen molar-refractivity contribution >= 4 is 0 Å². The lowest BCUT2D eigenvalue weighted by atomic mass is 9.97. The van der Waals surface area contributed by atoms with Crippen LogP contribution in [-0.4, -0.2) is 29.3 Å². The highest BCUT2D eigenvalue weighted by molar-refractivity contribution is 5.03. The van der Waals surface area contributed by atoms with Gasteiger partial charge in [-0.25, -0.2) is 0 Å². The molecule has 1 atom stereocenters. The predicted molar refractivity (Wildman–Crippen MR) is 55.3 cm³/mol.